The van der Waals surface area contributed by atoms with Gasteiger partial charge in [-0.25, -0.2) is 4.98 Å². The minimum Gasteiger partial charge on any atom is -0.340 e. The summed E-state index contributed by atoms with van der Waals surface area (Å²) < 4.78 is 0. The summed E-state index contributed by atoms with van der Waals surface area (Å²) in [6.07, 6.45) is 3.56. The number of anilines is 1. The minimum absolute atomic E-state index is 0.522. The molecule has 0 amide bonds. The van der Waals surface area contributed by atoms with Crippen molar-refractivity contribution >= 4 is 5.95 Å². The van der Waals surface area contributed by atoms with Crippen molar-refractivity contribution in [1.82, 2.24) is 20.5 Å². The third kappa shape index (κ3) is 2.91. The van der Waals surface area contributed by atoms with Crippen molar-refractivity contribution < 1.29 is 0 Å². The summed E-state index contributed by atoms with van der Waals surface area (Å²) in [4.78, 5) is 6.68. The summed E-state index contributed by atoms with van der Waals surface area (Å²) in [5.74, 6) is 0.750. The van der Waals surface area contributed by atoms with Crippen LogP contribution in [0.1, 0.15) is 30.7 Å². The molecule has 1 N–H and O–H groups in total. The molecule has 1 unspecified atom stereocenters. The van der Waals surface area contributed by atoms with Crippen LogP contribution in [0.5, 0.6) is 0 Å². The Labute approximate surface area is 103 Å². The van der Waals surface area contributed by atoms with E-state index in [4.69, 9.17) is 0 Å². The maximum atomic E-state index is 4.51. The third-order valence-electron chi connectivity index (χ3n) is 3.49. The molecular weight excluding hydrogens is 214 g/mol. The van der Waals surface area contributed by atoms with Crippen molar-refractivity contribution in [3.8, 4) is 0 Å². The first-order valence-corrected chi connectivity index (χ1v) is 6.30. The number of hydrogen-bond donors (Lipinski definition) is 1. The maximum Gasteiger partial charge on any atom is 0.245 e. The number of hydrogen-bond acceptors (Lipinski definition) is 5. The molecule has 0 aromatic carbocycles. The largest absolute Gasteiger partial charge is 0.340 e. The number of nitrogens with zero attached hydrogens (tertiary/aromatic N) is 4. The highest BCUT2D eigenvalue weighted by Crippen LogP contribution is 2.16. The Bertz CT molecular complexity index is 371. The Morgan fingerprint density at radius 3 is 2.71 bits per heavy atom. The van der Waals surface area contributed by atoms with Gasteiger partial charge in [-0.2, -0.15) is 5.10 Å². The molecule has 1 aliphatic rings. The lowest BCUT2D eigenvalue weighted by molar-refractivity contribution is 0.553. The Hall–Kier alpha value is -1.23. The first kappa shape index (κ1) is 12.2. The second-order valence-corrected chi connectivity index (χ2v) is 4.73. The summed E-state index contributed by atoms with van der Waals surface area (Å²) in [6.45, 7) is 6.12. The van der Waals surface area contributed by atoms with Crippen LogP contribution >= 0.6 is 0 Å². The molecule has 17 heavy (non-hydrogen) atoms. The lowest BCUT2D eigenvalue weighted by Gasteiger charge is -2.26. The summed E-state index contributed by atoms with van der Waals surface area (Å²) >= 11 is 0. The number of nitrogens with one attached hydrogen (secondary N) is 1. The molecule has 0 saturated carbocycles. The second-order valence-electron chi connectivity index (χ2n) is 4.73. The Kier molecular flexibility index (Phi) is 3.89. The number of rotatable bonds is 2. The fourth-order valence-corrected chi connectivity index (χ4v) is 2.15. The van der Waals surface area contributed by atoms with E-state index in [1.807, 2.05) is 13.8 Å². The van der Waals surface area contributed by atoms with Crippen LogP contribution in [0.15, 0.2) is 0 Å². The molecule has 0 aliphatic carbocycles. The van der Waals surface area contributed by atoms with Gasteiger partial charge in [0.15, 0.2) is 0 Å². The maximum absolute atomic E-state index is 4.51. The van der Waals surface area contributed by atoms with Crippen molar-refractivity contribution in [3.05, 3.63) is 11.4 Å². The molecule has 1 saturated heterocycles. The lowest BCUT2D eigenvalue weighted by Crippen LogP contribution is -2.34. The summed E-state index contributed by atoms with van der Waals surface area (Å²) in [6, 6.07) is 0.522. The zero-order chi connectivity index (χ0) is 12.3. The molecule has 5 heteroatoms. The van der Waals surface area contributed by atoms with Crippen LogP contribution in [0.2, 0.25) is 0 Å². The van der Waals surface area contributed by atoms with Crippen molar-refractivity contribution in [1.29, 1.82) is 0 Å². The van der Waals surface area contributed by atoms with Gasteiger partial charge in [-0.3, -0.25) is 0 Å². The predicted octanol–water partition coefficient (Wildman–Crippen LogP) is 1.07. The van der Waals surface area contributed by atoms with Crippen LogP contribution in [0.25, 0.3) is 0 Å². The lowest BCUT2D eigenvalue weighted by atomic mass is 10.1. The van der Waals surface area contributed by atoms with E-state index < -0.39 is 0 Å². The molecule has 1 atom stereocenters. The third-order valence-corrected chi connectivity index (χ3v) is 3.49. The van der Waals surface area contributed by atoms with E-state index >= 15 is 0 Å². The van der Waals surface area contributed by atoms with Crippen LogP contribution in [0.3, 0.4) is 0 Å². The fourth-order valence-electron chi connectivity index (χ4n) is 2.15. The monoisotopic (exact) mass is 235 g/mol. The van der Waals surface area contributed by atoms with Gasteiger partial charge >= 0.3 is 0 Å². The van der Waals surface area contributed by atoms with E-state index in [0.717, 1.165) is 36.8 Å². The normalized spacial score (nSPS) is 21.0. The van der Waals surface area contributed by atoms with Crippen molar-refractivity contribution in [2.45, 2.75) is 39.2 Å². The molecule has 1 aromatic heterocycles. The molecule has 94 valence electrons. The Balaban J connectivity index is 2.11. The van der Waals surface area contributed by atoms with Gasteiger partial charge < -0.3 is 10.2 Å². The standard InChI is InChI=1S/C12H21N5/c1-9-10(2)15-16-12(14-9)17(3)11-5-4-7-13-8-6-11/h11,13H,4-8H2,1-3H3. The molecule has 1 fully saturated rings. The molecular formula is C12H21N5. The van der Waals surface area contributed by atoms with Gasteiger partial charge in [0.05, 0.1) is 11.4 Å². The Morgan fingerprint density at radius 1 is 1.12 bits per heavy atom. The van der Waals surface area contributed by atoms with E-state index in [2.05, 4.69) is 32.4 Å². The molecule has 5 nitrogen and oxygen atoms in total. The predicted molar refractivity (Wildman–Crippen MR) is 68.2 cm³/mol. The number of aryl methyl sites for hydroxylation is 2. The van der Waals surface area contributed by atoms with E-state index in [9.17, 15) is 0 Å². The number of aromatic nitrogens is 3. The van der Waals surface area contributed by atoms with Gasteiger partial charge in [0, 0.05) is 13.1 Å². The molecule has 0 spiro atoms. The molecule has 1 aromatic rings. The van der Waals surface area contributed by atoms with Gasteiger partial charge in [-0.15, -0.1) is 5.10 Å². The van der Waals surface area contributed by atoms with E-state index in [0.29, 0.717) is 6.04 Å². The SMILES string of the molecule is Cc1nnc(N(C)C2CCCNCC2)nc1C. The van der Waals surface area contributed by atoms with Gasteiger partial charge in [-0.1, -0.05) is 0 Å². The van der Waals surface area contributed by atoms with Gasteiger partial charge in [-0.05, 0) is 46.2 Å². The van der Waals surface area contributed by atoms with Crippen LogP contribution < -0.4 is 10.2 Å². The van der Waals surface area contributed by atoms with Crippen molar-refractivity contribution in [3.63, 3.8) is 0 Å². The smallest absolute Gasteiger partial charge is 0.245 e. The Morgan fingerprint density at radius 2 is 1.94 bits per heavy atom. The first-order chi connectivity index (χ1) is 8.18. The highest BCUT2D eigenvalue weighted by molar-refractivity contribution is 5.30. The van der Waals surface area contributed by atoms with E-state index in [-0.39, 0.29) is 0 Å². The zero-order valence-corrected chi connectivity index (χ0v) is 10.9. The average molecular weight is 235 g/mol. The van der Waals surface area contributed by atoms with Crippen molar-refractivity contribution in [2.24, 2.45) is 0 Å². The van der Waals surface area contributed by atoms with Gasteiger partial charge in [0.25, 0.3) is 0 Å². The summed E-state index contributed by atoms with van der Waals surface area (Å²) in [5, 5.41) is 11.8. The second kappa shape index (κ2) is 5.40. The van der Waals surface area contributed by atoms with Gasteiger partial charge in [0.1, 0.15) is 0 Å². The highest BCUT2D eigenvalue weighted by Gasteiger charge is 2.19. The first-order valence-electron chi connectivity index (χ1n) is 6.30. The molecule has 0 radical (unpaired) electrons. The van der Waals surface area contributed by atoms with E-state index in [1.54, 1.807) is 0 Å². The summed E-state index contributed by atoms with van der Waals surface area (Å²) in [5.41, 5.74) is 1.87. The van der Waals surface area contributed by atoms with Crippen LogP contribution in [-0.2, 0) is 0 Å². The van der Waals surface area contributed by atoms with Crippen LogP contribution in [-0.4, -0.2) is 41.4 Å². The fraction of sp³-hybridized carbons (Fsp3) is 0.750. The van der Waals surface area contributed by atoms with Crippen LogP contribution in [0, 0.1) is 13.8 Å². The summed E-state index contributed by atoms with van der Waals surface area (Å²) in [7, 11) is 2.07. The molecule has 1 aliphatic heterocycles. The average Bonchev–Trinajstić information content (AvgIpc) is 2.60. The molecule has 2 heterocycles. The van der Waals surface area contributed by atoms with Gasteiger partial charge in [0.2, 0.25) is 5.95 Å². The van der Waals surface area contributed by atoms with Crippen molar-refractivity contribution in [2.75, 3.05) is 25.0 Å². The van der Waals surface area contributed by atoms with E-state index in [1.165, 1.54) is 12.8 Å². The highest BCUT2D eigenvalue weighted by atomic mass is 15.3. The molecule has 0 bridgehead atoms. The topological polar surface area (TPSA) is 53.9 Å². The quantitative estimate of drug-likeness (QED) is 0.831. The molecule has 2 rings (SSSR count). The van der Waals surface area contributed by atoms with Crippen LogP contribution in [0.4, 0.5) is 5.95 Å². The minimum atomic E-state index is 0.522. The zero-order valence-electron chi connectivity index (χ0n) is 10.9.